The molecule has 0 unspecified atom stereocenters. The second-order valence-electron chi connectivity index (χ2n) is 9.40. The van der Waals surface area contributed by atoms with Crippen LogP contribution < -0.4 is 0 Å². The first kappa shape index (κ1) is 21.9. The summed E-state index contributed by atoms with van der Waals surface area (Å²) in [5.41, 5.74) is 3.27. The Bertz CT molecular complexity index is 392. The van der Waals surface area contributed by atoms with Gasteiger partial charge in [-0.1, -0.05) is 60.2 Å². The lowest BCUT2D eigenvalue weighted by Crippen LogP contribution is -2.45. The van der Waals surface area contributed by atoms with Gasteiger partial charge in [-0.25, -0.2) is 0 Å². The highest BCUT2D eigenvalue weighted by Crippen LogP contribution is 2.38. The van der Waals surface area contributed by atoms with E-state index in [9.17, 15) is 5.11 Å². The Kier molecular flexibility index (Phi) is 8.11. The van der Waals surface area contributed by atoms with E-state index in [2.05, 4.69) is 78.8 Å². The Balaban J connectivity index is 4.96. The van der Waals surface area contributed by atoms with Crippen molar-refractivity contribution in [2.45, 2.75) is 97.4 Å². The van der Waals surface area contributed by atoms with E-state index in [0.29, 0.717) is 12.3 Å². The lowest BCUT2D eigenvalue weighted by molar-refractivity contribution is 0.0989. The molecule has 2 nitrogen and oxygen atoms in total. The highest BCUT2D eigenvalue weighted by Gasteiger charge is 2.39. The SMILES string of the molecule is CC(C)C[C@H](C[C@@H](O)C#C[Si](C)(C)C)O[Si](C)(C)C(C)(C)C. The highest BCUT2D eigenvalue weighted by atomic mass is 28.4. The molecular formula is C18H38O2Si2. The molecule has 0 aromatic rings. The molecule has 22 heavy (non-hydrogen) atoms. The molecule has 4 heteroatoms. The molecule has 0 aliphatic carbocycles. The summed E-state index contributed by atoms with van der Waals surface area (Å²) in [6.07, 6.45) is 1.15. The summed E-state index contributed by atoms with van der Waals surface area (Å²) < 4.78 is 6.54. The monoisotopic (exact) mass is 342 g/mol. The summed E-state index contributed by atoms with van der Waals surface area (Å²) in [5.74, 6) is 3.62. The Morgan fingerprint density at radius 1 is 1.00 bits per heavy atom. The molecule has 2 atom stereocenters. The third-order valence-electron chi connectivity index (χ3n) is 4.10. The van der Waals surface area contributed by atoms with Crippen LogP contribution in [-0.4, -0.2) is 33.7 Å². The first-order valence-corrected chi connectivity index (χ1v) is 14.9. The maximum absolute atomic E-state index is 10.3. The third-order valence-corrected chi connectivity index (χ3v) is 9.53. The summed E-state index contributed by atoms with van der Waals surface area (Å²) in [4.78, 5) is 0. The summed E-state index contributed by atoms with van der Waals surface area (Å²) in [7, 11) is -3.24. The fraction of sp³-hybridized carbons (Fsp3) is 0.889. The van der Waals surface area contributed by atoms with Crippen LogP contribution >= 0.6 is 0 Å². The molecule has 0 radical (unpaired) electrons. The second-order valence-corrected chi connectivity index (χ2v) is 18.9. The summed E-state index contributed by atoms with van der Waals surface area (Å²) >= 11 is 0. The minimum atomic E-state index is -1.81. The van der Waals surface area contributed by atoms with E-state index >= 15 is 0 Å². The third kappa shape index (κ3) is 9.14. The molecular weight excluding hydrogens is 304 g/mol. The molecule has 0 aromatic heterocycles. The minimum Gasteiger partial charge on any atom is -0.414 e. The zero-order valence-electron chi connectivity index (χ0n) is 16.5. The minimum absolute atomic E-state index is 0.104. The zero-order chi connectivity index (χ0) is 17.8. The smallest absolute Gasteiger partial charge is 0.192 e. The zero-order valence-corrected chi connectivity index (χ0v) is 18.5. The molecule has 0 saturated heterocycles. The van der Waals surface area contributed by atoms with Crippen molar-refractivity contribution in [3.05, 3.63) is 0 Å². The Morgan fingerprint density at radius 3 is 1.86 bits per heavy atom. The predicted octanol–water partition coefficient (Wildman–Crippen LogP) is 5.05. The molecule has 0 aliphatic rings. The predicted molar refractivity (Wildman–Crippen MR) is 103 cm³/mol. The van der Waals surface area contributed by atoms with Gasteiger partial charge in [0.25, 0.3) is 0 Å². The molecule has 0 amide bonds. The number of aliphatic hydroxyl groups is 1. The highest BCUT2D eigenvalue weighted by molar-refractivity contribution is 6.83. The van der Waals surface area contributed by atoms with Crippen LogP contribution in [-0.2, 0) is 4.43 Å². The van der Waals surface area contributed by atoms with E-state index in [1.54, 1.807) is 0 Å². The van der Waals surface area contributed by atoms with Gasteiger partial charge >= 0.3 is 0 Å². The Labute approximate surface area is 141 Å². The van der Waals surface area contributed by atoms with E-state index in [1.807, 2.05) is 0 Å². The largest absolute Gasteiger partial charge is 0.414 e. The number of aliphatic hydroxyl groups excluding tert-OH is 1. The topological polar surface area (TPSA) is 29.5 Å². The van der Waals surface area contributed by atoms with Gasteiger partial charge in [-0.3, -0.25) is 0 Å². The Morgan fingerprint density at radius 2 is 1.50 bits per heavy atom. The van der Waals surface area contributed by atoms with Crippen LogP contribution in [0.4, 0.5) is 0 Å². The van der Waals surface area contributed by atoms with E-state index in [-0.39, 0.29) is 11.1 Å². The van der Waals surface area contributed by atoms with Crippen molar-refractivity contribution in [3.8, 4) is 11.5 Å². The maximum Gasteiger partial charge on any atom is 0.192 e. The van der Waals surface area contributed by atoms with Crippen molar-refractivity contribution in [3.63, 3.8) is 0 Å². The van der Waals surface area contributed by atoms with Crippen LogP contribution in [0.15, 0.2) is 0 Å². The summed E-state index contributed by atoms with van der Waals surface area (Å²) in [6.45, 7) is 22.3. The molecule has 0 rings (SSSR count). The van der Waals surface area contributed by atoms with Crippen LogP contribution in [0.2, 0.25) is 37.8 Å². The second kappa shape index (κ2) is 8.14. The van der Waals surface area contributed by atoms with Gasteiger partial charge in [-0.2, -0.15) is 0 Å². The number of hydrogen-bond donors (Lipinski definition) is 1. The molecule has 0 heterocycles. The van der Waals surface area contributed by atoms with Gasteiger partial charge in [0.05, 0.1) is 0 Å². The molecule has 0 bridgehead atoms. The average molecular weight is 343 g/mol. The van der Waals surface area contributed by atoms with Gasteiger partial charge in [0.15, 0.2) is 8.32 Å². The average Bonchev–Trinajstić information content (AvgIpc) is 2.22. The van der Waals surface area contributed by atoms with E-state index in [0.717, 1.165) is 6.42 Å². The van der Waals surface area contributed by atoms with Gasteiger partial charge < -0.3 is 9.53 Å². The maximum atomic E-state index is 10.3. The van der Waals surface area contributed by atoms with Crippen molar-refractivity contribution in [2.75, 3.05) is 0 Å². The summed E-state index contributed by atoms with van der Waals surface area (Å²) in [6, 6.07) is 0. The van der Waals surface area contributed by atoms with Gasteiger partial charge in [-0.15, -0.1) is 5.54 Å². The lowest BCUT2D eigenvalue weighted by atomic mass is 10.0. The first-order valence-electron chi connectivity index (χ1n) is 8.52. The van der Waals surface area contributed by atoms with Gasteiger partial charge in [-0.05, 0) is 30.5 Å². The summed E-state index contributed by atoms with van der Waals surface area (Å²) in [5, 5.41) is 10.5. The van der Waals surface area contributed by atoms with Gasteiger partial charge in [0, 0.05) is 12.5 Å². The quantitative estimate of drug-likeness (QED) is 0.540. The van der Waals surface area contributed by atoms with Crippen molar-refractivity contribution in [2.24, 2.45) is 5.92 Å². The van der Waals surface area contributed by atoms with Crippen LogP contribution in [0, 0.1) is 17.4 Å². The fourth-order valence-corrected chi connectivity index (χ4v) is 3.90. The molecule has 0 fully saturated rings. The van der Waals surface area contributed by atoms with Crippen LogP contribution in [0.5, 0.6) is 0 Å². The van der Waals surface area contributed by atoms with Crippen molar-refractivity contribution in [1.29, 1.82) is 0 Å². The van der Waals surface area contributed by atoms with Crippen molar-refractivity contribution in [1.82, 2.24) is 0 Å². The van der Waals surface area contributed by atoms with E-state index in [4.69, 9.17) is 4.43 Å². The van der Waals surface area contributed by atoms with E-state index < -0.39 is 22.5 Å². The number of rotatable bonds is 6. The molecule has 0 saturated carbocycles. The van der Waals surface area contributed by atoms with E-state index in [1.165, 1.54) is 0 Å². The molecule has 0 aliphatic heterocycles. The Hall–Kier alpha value is -0.0862. The molecule has 130 valence electrons. The standard InChI is InChI=1S/C18H38O2Si2/c1-15(2)13-17(20-22(9,10)18(3,4)5)14-16(19)11-12-21(6,7)8/h15-17,19H,13-14H2,1-10H3/t16-,17+/m0/s1. The fourth-order valence-electron chi connectivity index (χ4n) is 1.92. The van der Waals surface area contributed by atoms with Gasteiger partial charge in [0.1, 0.15) is 14.2 Å². The van der Waals surface area contributed by atoms with Crippen LogP contribution in [0.25, 0.3) is 0 Å². The van der Waals surface area contributed by atoms with Crippen LogP contribution in [0.3, 0.4) is 0 Å². The van der Waals surface area contributed by atoms with Gasteiger partial charge in [0.2, 0.25) is 0 Å². The lowest BCUT2D eigenvalue weighted by Gasteiger charge is -2.40. The molecule has 0 aromatic carbocycles. The van der Waals surface area contributed by atoms with Crippen molar-refractivity contribution >= 4 is 16.4 Å². The number of hydrogen-bond acceptors (Lipinski definition) is 2. The molecule has 1 N–H and O–H groups in total. The molecule has 0 spiro atoms. The van der Waals surface area contributed by atoms with Crippen molar-refractivity contribution < 1.29 is 9.53 Å². The first-order chi connectivity index (χ1) is 9.64. The van der Waals surface area contributed by atoms with Crippen LogP contribution in [0.1, 0.15) is 47.5 Å². The normalized spacial score (nSPS) is 16.2.